The lowest BCUT2D eigenvalue weighted by Gasteiger charge is -2.19. The highest BCUT2D eigenvalue weighted by molar-refractivity contribution is 6.31. The third kappa shape index (κ3) is 5.06. The molecule has 0 bridgehead atoms. The van der Waals surface area contributed by atoms with Gasteiger partial charge in [-0.1, -0.05) is 17.7 Å². The van der Waals surface area contributed by atoms with Crippen molar-refractivity contribution in [1.29, 1.82) is 0 Å². The first kappa shape index (κ1) is 15.8. The SMILES string of the molecule is COCCNC(=O)CN(C)c1ccc(CN)c(Cl)c1. The molecule has 1 aromatic rings. The van der Waals surface area contributed by atoms with Gasteiger partial charge in [0.2, 0.25) is 5.91 Å². The Labute approximate surface area is 118 Å². The zero-order chi connectivity index (χ0) is 14.3. The maximum Gasteiger partial charge on any atom is 0.239 e. The Morgan fingerprint density at radius 1 is 1.53 bits per heavy atom. The number of hydrogen-bond donors (Lipinski definition) is 2. The monoisotopic (exact) mass is 285 g/mol. The fourth-order valence-electron chi connectivity index (χ4n) is 1.59. The molecule has 0 aliphatic heterocycles. The molecule has 0 heterocycles. The number of likely N-dealkylation sites (N-methyl/N-ethyl adjacent to an activating group) is 1. The minimum absolute atomic E-state index is 0.0569. The van der Waals surface area contributed by atoms with E-state index in [2.05, 4.69) is 5.32 Å². The summed E-state index contributed by atoms with van der Waals surface area (Å²) in [5, 5.41) is 3.38. The van der Waals surface area contributed by atoms with E-state index < -0.39 is 0 Å². The molecule has 0 aromatic heterocycles. The van der Waals surface area contributed by atoms with Crippen LogP contribution in [-0.2, 0) is 16.1 Å². The van der Waals surface area contributed by atoms with Gasteiger partial charge in [0, 0.05) is 38.0 Å². The Kier molecular flexibility index (Phi) is 6.62. The quantitative estimate of drug-likeness (QED) is 0.734. The highest BCUT2D eigenvalue weighted by Crippen LogP contribution is 2.22. The first-order valence-electron chi connectivity index (χ1n) is 6.03. The highest BCUT2D eigenvalue weighted by Gasteiger charge is 2.08. The maximum absolute atomic E-state index is 11.6. The Hall–Kier alpha value is -1.30. The molecule has 1 rings (SSSR count). The molecule has 0 fully saturated rings. The first-order valence-corrected chi connectivity index (χ1v) is 6.41. The van der Waals surface area contributed by atoms with E-state index in [-0.39, 0.29) is 12.5 Å². The number of anilines is 1. The largest absolute Gasteiger partial charge is 0.383 e. The summed E-state index contributed by atoms with van der Waals surface area (Å²) in [6, 6.07) is 5.58. The predicted molar refractivity (Wildman–Crippen MR) is 77.5 cm³/mol. The molecule has 0 aliphatic carbocycles. The van der Waals surface area contributed by atoms with Crippen LogP contribution in [0.3, 0.4) is 0 Å². The number of amides is 1. The van der Waals surface area contributed by atoms with Gasteiger partial charge in [0.15, 0.2) is 0 Å². The average molecular weight is 286 g/mol. The zero-order valence-corrected chi connectivity index (χ0v) is 12.0. The van der Waals surface area contributed by atoms with Crippen molar-refractivity contribution in [3.63, 3.8) is 0 Å². The van der Waals surface area contributed by atoms with E-state index in [9.17, 15) is 4.79 Å². The summed E-state index contributed by atoms with van der Waals surface area (Å²) in [5.74, 6) is -0.0569. The van der Waals surface area contributed by atoms with Crippen LogP contribution < -0.4 is 16.0 Å². The third-order valence-electron chi connectivity index (χ3n) is 2.71. The Morgan fingerprint density at radius 2 is 2.26 bits per heavy atom. The van der Waals surface area contributed by atoms with Crippen molar-refractivity contribution in [1.82, 2.24) is 5.32 Å². The summed E-state index contributed by atoms with van der Waals surface area (Å²) in [6.45, 7) is 1.69. The van der Waals surface area contributed by atoms with E-state index in [1.807, 2.05) is 30.1 Å². The van der Waals surface area contributed by atoms with Crippen molar-refractivity contribution < 1.29 is 9.53 Å². The van der Waals surface area contributed by atoms with Crippen molar-refractivity contribution in [2.75, 3.05) is 38.8 Å². The van der Waals surface area contributed by atoms with Gasteiger partial charge in [-0.05, 0) is 17.7 Å². The van der Waals surface area contributed by atoms with Crippen molar-refractivity contribution >= 4 is 23.2 Å². The smallest absolute Gasteiger partial charge is 0.239 e. The fourth-order valence-corrected chi connectivity index (χ4v) is 1.85. The van der Waals surface area contributed by atoms with Crippen LogP contribution in [0.25, 0.3) is 0 Å². The van der Waals surface area contributed by atoms with E-state index in [0.29, 0.717) is 24.7 Å². The lowest BCUT2D eigenvalue weighted by atomic mass is 10.2. The number of methoxy groups -OCH3 is 1. The van der Waals surface area contributed by atoms with Gasteiger partial charge in [0.1, 0.15) is 0 Å². The molecule has 0 saturated heterocycles. The number of nitrogens with two attached hydrogens (primary N) is 1. The summed E-state index contributed by atoms with van der Waals surface area (Å²) < 4.78 is 4.87. The van der Waals surface area contributed by atoms with E-state index in [1.54, 1.807) is 7.11 Å². The Balaban J connectivity index is 2.55. The number of carbonyl (C=O) groups is 1. The molecular weight excluding hydrogens is 266 g/mol. The summed E-state index contributed by atoms with van der Waals surface area (Å²) in [7, 11) is 3.43. The van der Waals surface area contributed by atoms with Crippen molar-refractivity contribution in [2.24, 2.45) is 5.73 Å². The topological polar surface area (TPSA) is 67.6 Å². The average Bonchev–Trinajstić information content (AvgIpc) is 2.38. The second-order valence-electron chi connectivity index (χ2n) is 4.18. The van der Waals surface area contributed by atoms with Crippen LogP contribution in [0.4, 0.5) is 5.69 Å². The second-order valence-corrected chi connectivity index (χ2v) is 4.59. The lowest BCUT2D eigenvalue weighted by Crippen LogP contribution is -2.36. The van der Waals surface area contributed by atoms with Gasteiger partial charge in [-0.15, -0.1) is 0 Å². The van der Waals surface area contributed by atoms with Crippen LogP contribution in [0.5, 0.6) is 0 Å². The van der Waals surface area contributed by atoms with Gasteiger partial charge < -0.3 is 20.7 Å². The van der Waals surface area contributed by atoms with E-state index in [1.165, 1.54) is 0 Å². The number of nitrogens with zero attached hydrogens (tertiary/aromatic N) is 1. The summed E-state index contributed by atoms with van der Waals surface area (Å²) in [6.07, 6.45) is 0. The van der Waals surface area contributed by atoms with Gasteiger partial charge in [-0.2, -0.15) is 0 Å². The molecule has 5 nitrogen and oxygen atoms in total. The molecule has 0 unspecified atom stereocenters. The molecule has 6 heteroatoms. The van der Waals surface area contributed by atoms with Crippen LogP contribution in [0.1, 0.15) is 5.56 Å². The molecule has 0 saturated carbocycles. The van der Waals surface area contributed by atoms with Crippen molar-refractivity contribution in [2.45, 2.75) is 6.54 Å². The summed E-state index contributed by atoms with van der Waals surface area (Å²) in [5.41, 5.74) is 7.32. The molecule has 1 amide bonds. The second kappa shape index (κ2) is 7.99. The van der Waals surface area contributed by atoms with Crippen LogP contribution in [0.2, 0.25) is 5.02 Å². The molecule has 0 atom stereocenters. The maximum atomic E-state index is 11.6. The van der Waals surface area contributed by atoms with Crippen molar-refractivity contribution in [3.8, 4) is 0 Å². The minimum atomic E-state index is -0.0569. The molecule has 0 radical (unpaired) electrons. The number of nitrogens with one attached hydrogen (secondary N) is 1. The van der Waals surface area contributed by atoms with Crippen LogP contribution in [0, 0.1) is 0 Å². The van der Waals surface area contributed by atoms with Gasteiger partial charge in [0.05, 0.1) is 13.2 Å². The standard InChI is InChI=1S/C13H20ClN3O2/c1-17(9-13(18)16-5-6-19-2)11-4-3-10(8-15)12(14)7-11/h3-4,7H,5-6,8-9,15H2,1-2H3,(H,16,18). The molecule has 106 valence electrons. The lowest BCUT2D eigenvalue weighted by molar-refractivity contribution is -0.119. The van der Waals surface area contributed by atoms with E-state index in [0.717, 1.165) is 11.3 Å². The number of ether oxygens (including phenoxy) is 1. The van der Waals surface area contributed by atoms with Crippen LogP contribution in [-0.4, -0.2) is 39.8 Å². The number of hydrogen-bond acceptors (Lipinski definition) is 4. The number of benzene rings is 1. The van der Waals surface area contributed by atoms with Gasteiger partial charge >= 0.3 is 0 Å². The van der Waals surface area contributed by atoms with Gasteiger partial charge in [-0.3, -0.25) is 4.79 Å². The molecule has 1 aromatic carbocycles. The van der Waals surface area contributed by atoms with Gasteiger partial charge in [0.25, 0.3) is 0 Å². The Morgan fingerprint density at radius 3 is 2.84 bits per heavy atom. The minimum Gasteiger partial charge on any atom is -0.383 e. The fraction of sp³-hybridized carbons (Fsp3) is 0.462. The van der Waals surface area contributed by atoms with Crippen LogP contribution >= 0.6 is 11.6 Å². The normalized spacial score (nSPS) is 10.3. The Bertz CT molecular complexity index is 426. The zero-order valence-electron chi connectivity index (χ0n) is 11.3. The van der Waals surface area contributed by atoms with Crippen molar-refractivity contribution in [3.05, 3.63) is 28.8 Å². The van der Waals surface area contributed by atoms with E-state index in [4.69, 9.17) is 22.1 Å². The number of rotatable bonds is 7. The molecule has 0 aliphatic rings. The third-order valence-corrected chi connectivity index (χ3v) is 3.06. The first-order chi connectivity index (χ1) is 9.08. The molecule has 19 heavy (non-hydrogen) atoms. The molecule has 0 spiro atoms. The number of halogens is 1. The van der Waals surface area contributed by atoms with Crippen LogP contribution in [0.15, 0.2) is 18.2 Å². The summed E-state index contributed by atoms with van der Waals surface area (Å²) in [4.78, 5) is 13.5. The summed E-state index contributed by atoms with van der Waals surface area (Å²) >= 11 is 6.09. The molecular formula is C13H20ClN3O2. The van der Waals surface area contributed by atoms with Gasteiger partial charge in [-0.25, -0.2) is 0 Å². The predicted octanol–water partition coefficient (Wildman–Crippen LogP) is 0.997. The highest BCUT2D eigenvalue weighted by atomic mass is 35.5. The van der Waals surface area contributed by atoms with E-state index >= 15 is 0 Å². The number of carbonyl (C=O) groups excluding carboxylic acids is 1. The molecule has 3 N–H and O–H groups in total.